The van der Waals surface area contributed by atoms with E-state index in [9.17, 15) is 13.5 Å². The molecule has 0 aliphatic carbocycles. The Bertz CT molecular complexity index is 1010. The summed E-state index contributed by atoms with van der Waals surface area (Å²) < 4.78 is 27.5. The molecule has 0 aliphatic rings. The summed E-state index contributed by atoms with van der Waals surface area (Å²) in [6, 6.07) is 17.9. The zero-order valence-corrected chi connectivity index (χ0v) is 15.2. The summed E-state index contributed by atoms with van der Waals surface area (Å²) >= 11 is 5.87. The predicted molar refractivity (Wildman–Crippen MR) is 100 cm³/mol. The van der Waals surface area contributed by atoms with Gasteiger partial charge in [-0.15, -0.1) is 0 Å². The quantitative estimate of drug-likeness (QED) is 0.712. The molecule has 0 aliphatic heterocycles. The molecular formula is C19H18ClNO3S. The van der Waals surface area contributed by atoms with Crippen molar-refractivity contribution in [2.24, 2.45) is 0 Å². The Morgan fingerprint density at radius 1 is 1.08 bits per heavy atom. The third-order valence-corrected chi connectivity index (χ3v) is 5.89. The van der Waals surface area contributed by atoms with Crippen molar-refractivity contribution in [1.29, 1.82) is 0 Å². The molecule has 3 rings (SSSR count). The van der Waals surface area contributed by atoms with Gasteiger partial charge in [0, 0.05) is 11.6 Å². The molecule has 1 unspecified atom stereocenters. The van der Waals surface area contributed by atoms with Gasteiger partial charge < -0.3 is 5.11 Å². The van der Waals surface area contributed by atoms with E-state index in [4.69, 9.17) is 11.6 Å². The number of hydrogen-bond acceptors (Lipinski definition) is 3. The molecule has 0 fully saturated rings. The lowest BCUT2D eigenvalue weighted by Crippen LogP contribution is -2.29. The number of fused-ring (bicyclic) bond motifs is 1. The van der Waals surface area contributed by atoms with E-state index in [1.807, 2.05) is 36.4 Å². The second kappa shape index (κ2) is 7.14. The maximum atomic E-state index is 12.5. The molecule has 0 heterocycles. The fraction of sp³-hybridized carbons (Fsp3) is 0.158. The minimum Gasteiger partial charge on any atom is -0.387 e. The molecule has 4 nitrogen and oxygen atoms in total. The molecular weight excluding hydrogens is 358 g/mol. The van der Waals surface area contributed by atoms with Crippen molar-refractivity contribution in [3.05, 3.63) is 76.8 Å². The molecule has 0 saturated carbocycles. The van der Waals surface area contributed by atoms with Gasteiger partial charge in [-0.2, -0.15) is 0 Å². The number of hydrogen-bond donors (Lipinski definition) is 2. The van der Waals surface area contributed by atoms with Gasteiger partial charge in [-0.3, -0.25) is 0 Å². The molecule has 0 saturated heterocycles. The first-order valence-electron chi connectivity index (χ1n) is 7.80. The summed E-state index contributed by atoms with van der Waals surface area (Å²) in [5.41, 5.74) is 1.24. The van der Waals surface area contributed by atoms with Crippen LogP contribution in [0, 0.1) is 6.92 Å². The van der Waals surface area contributed by atoms with Crippen molar-refractivity contribution >= 4 is 32.4 Å². The minimum atomic E-state index is -3.73. The van der Waals surface area contributed by atoms with Crippen molar-refractivity contribution in [2.45, 2.75) is 17.9 Å². The van der Waals surface area contributed by atoms with Crippen molar-refractivity contribution in [2.75, 3.05) is 6.54 Å². The summed E-state index contributed by atoms with van der Waals surface area (Å²) in [4.78, 5) is 0.155. The van der Waals surface area contributed by atoms with Gasteiger partial charge >= 0.3 is 0 Å². The van der Waals surface area contributed by atoms with Crippen LogP contribution in [0.25, 0.3) is 10.8 Å². The van der Waals surface area contributed by atoms with Gasteiger partial charge in [0.15, 0.2) is 0 Å². The van der Waals surface area contributed by atoms with Gasteiger partial charge in [-0.05, 0) is 47.0 Å². The smallest absolute Gasteiger partial charge is 0.240 e. The summed E-state index contributed by atoms with van der Waals surface area (Å²) in [6.07, 6.45) is -0.950. The zero-order valence-electron chi connectivity index (χ0n) is 13.6. The van der Waals surface area contributed by atoms with Crippen molar-refractivity contribution in [3.63, 3.8) is 0 Å². The van der Waals surface area contributed by atoms with Gasteiger partial charge in [-0.1, -0.05) is 54.1 Å². The van der Waals surface area contributed by atoms with Crippen molar-refractivity contribution in [1.82, 2.24) is 4.72 Å². The second-order valence-electron chi connectivity index (χ2n) is 5.85. The van der Waals surface area contributed by atoms with Gasteiger partial charge in [0.1, 0.15) is 0 Å². The highest BCUT2D eigenvalue weighted by Gasteiger charge is 2.19. The first-order chi connectivity index (χ1) is 11.9. The molecule has 0 amide bonds. The van der Waals surface area contributed by atoms with Crippen molar-refractivity contribution in [3.8, 4) is 0 Å². The fourth-order valence-electron chi connectivity index (χ4n) is 2.83. The van der Waals surface area contributed by atoms with Gasteiger partial charge in [0.25, 0.3) is 0 Å². The third kappa shape index (κ3) is 3.85. The van der Waals surface area contributed by atoms with Crippen molar-refractivity contribution < 1.29 is 13.5 Å². The average Bonchev–Trinajstić information content (AvgIpc) is 2.59. The topological polar surface area (TPSA) is 66.4 Å². The highest BCUT2D eigenvalue weighted by Crippen LogP contribution is 2.25. The number of halogens is 1. The van der Waals surface area contributed by atoms with Crippen LogP contribution >= 0.6 is 11.6 Å². The van der Waals surface area contributed by atoms with Gasteiger partial charge in [-0.25, -0.2) is 13.1 Å². The largest absolute Gasteiger partial charge is 0.387 e. The van der Waals surface area contributed by atoms with E-state index in [0.29, 0.717) is 16.1 Å². The molecule has 0 spiro atoms. The first kappa shape index (κ1) is 17.9. The Balaban J connectivity index is 1.82. The Morgan fingerprint density at radius 2 is 1.80 bits per heavy atom. The van der Waals surface area contributed by atoms with E-state index in [-0.39, 0.29) is 11.4 Å². The maximum absolute atomic E-state index is 12.5. The number of aryl methyl sites for hydroxylation is 1. The lowest BCUT2D eigenvalue weighted by atomic mass is 10.0. The lowest BCUT2D eigenvalue weighted by Gasteiger charge is -2.15. The number of rotatable bonds is 5. The minimum absolute atomic E-state index is 0.113. The molecule has 3 aromatic carbocycles. The van der Waals surface area contributed by atoms with E-state index in [1.54, 1.807) is 19.1 Å². The fourth-order valence-corrected chi connectivity index (χ4v) is 4.32. The summed E-state index contributed by atoms with van der Waals surface area (Å²) in [5, 5.41) is 12.9. The Hall–Kier alpha value is -1.92. The summed E-state index contributed by atoms with van der Waals surface area (Å²) in [5.74, 6) is 0. The second-order valence-corrected chi connectivity index (χ2v) is 8.02. The molecule has 0 radical (unpaired) electrons. The number of nitrogens with one attached hydrogen (secondary N) is 1. The number of benzene rings is 3. The standard InChI is InChI=1S/C19H18ClNO3S/c1-13-11-15(20)9-10-19(13)25(23,24)21-12-18(22)17-8-4-6-14-5-2-3-7-16(14)17/h2-11,18,21-22H,12H2,1H3. The first-order valence-corrected chi connectivity index (χ1v) is 9.66. The van der Waals surface area contributed by atoms with Crippen LogP contribution < -0.4 is 4.72 Å². The summed E-state index contributed by atoms with van der Waals surface area (Å²) in [7, 11) is -3.73. The number of sulfonamides is 1. The SMILES string of the molecule is Cc1cc(Cl)ccc1S(=O)(=O)NCC(O)c1cccc2ccccc12. The van der Waals surface area contributed by atoms with Crippen LogP contribution in [-0.2, 0) is 10.0 Å². The van der Waals surface area contributed by atoms with Crippen LogP contribution in [0.4, 0.5) is 0 Å². The molecule has 2 N–H and O–H groups in total. The Labute approximate surface area is 152 Å². The van der Waals surface area contributed by atoms with Crippen LogP contribution in [0.3, 0.4) is 0 Å². The van der Waals surface area contributed by atoms with E-state index in [0.717, 1.165) is 10.8 Å². The summed E-state index contributed by atoms with van der Waals surface area (Å²) in [6.45, 7) is 1.57. The van der Waals surface area contributed by atoms with E-state index < -0.39 is 16.1 Å². The van der Waals surface area contributed by atoms with Crippen LogP contribution in [0.1, 0.15) is 17.2 Å². The Kier molecular flexibility index (Phi) is 5.11. The van der Waals surface area contributed by atoms with Gasteiger partial charge in [0.05, 0.1) is 11.0 Å². The molecule has 0 bridgehead atoms. The molecule has 130 valence electrons. The van der Waals surface area contributed by atoms with Crippen LogP contribution in [-0.4, -0.2) is 20.1 Å². The van der Waals surface area contributed by atoms with Crippen LogP contribution in [0.15, 0.2) is 65.6 Å². The maximum Gasteiger partial charge on any atom is 0.240 e. The predicted octanol–water partition coefficient (Wildman–Crippen LogP) is 3.81. The lowest BCUT2D eigenvalue weighted by molar-refractivity contribution is 0.183. The highest BCUT2D eigenvalue weighted by molar-refractivity contribution is 7.89. The van der Waals surface area contributed by atoms with Crippen LogP contribution in [0.2, 0.25) is 5.02 Å². The monoisotopic (exact) mass is 375 g/mol. The Morgan fingerprint density at radius 3 is 2.56 bits per heavy atom. The molecule has 6 heteroatoms. The average molecular weight is 376 g/mol. The van der Waals surface area contributed by atoms with Gasteiger partial charge in [0.2, 0.25) is 10.0 Å². The number of aliphatic hydroxyl groups is 1. The molecule has 25 heavy (non-hydrogen) atoms. The molecule has 3 aromatic rings. The highest BCUT2D eigenvalue weighted by atomic mass is 35.5. The van der Waals surface area contributed by atoms with E-state index in [1.165, 1.54) is 12.1 Å². The van der Waals surface area contributed by atoms with E-state index in [2.05, 4.69) is 4.72 Å². The third-order valence-electron chi connectivity index (χ3n) is 4.08. The normalized spacial score (nSPS) is 13.1. The van der Waals surface area contributed by atoms with Crippen LogP contribution in [0.5, 0.6) is 0 Å². The zero-order chi connectivity index (χ0) is 18.0. The van der Waals surface area contributed by atoms with E-state index >= 15 is 0 Å². The molecule has 1 atom stereocenters. The number of aliphatic hydroxyl groups excluding tert-OH is 1. The molecule has 0 aromatic heterocycles.